The summed E-state index contributed by atoms with van der Waals surface area (Å²) in [7, 11) is -1.61. The van der Waals surface area contributed by atoms with E-state index in [0.717, 1.165) is 19.5 Å². The van der Waals surface area contributed by atoms with Gasteiger partial charge < -0.3 is 9.73 Å². The molecule has 1 rings (SSSR count). The van der Waals surface area contributed by atoms with Crippen molar-refractivity contribution in [2.45, 2.75) is 26.3 Å². The fraction of sp³-hybridized carbons (Fsp3) is 0.667. The van der Waals surface area contributed by atoms with E-state index >= 15 is 0 Å². The fourth-order valence-electron chi connectivity index (χ4n) is 1.56. The van der Waals surface area contributed by atoms with Crippen molar-refractivity contribution in [1.82, 2.24) is 9.62 Å². The van der Waals surface area contributed by atoms with Crippen LogP contribution in [-0.2, 0) is 16.6 Å². The van der Waals surface area contributed by atoms with Crippen LogP contribution in [0, 0.1) is 0 Å². The number of hydrogen-bond acceptors (Lipinski definition) is 4. The van der Waals surface area contributed by atoms with E-state index in [1.807, 2.05) is 0 Å². The molecule has 0 saturated heterocycles. The molecule has 0 unspecified atom stereocenters. The van der Waals surface area contributed by atoms with E-state index in [-0.39, 0.29) is 12.3 Å². The first-order chi connectivity index (χ1) is 8.56. The van der Waals surface area contributed by atoms with Crippen LogP contribution in [0.5, 0.6) is 0 Å². The number of rotatable bonds is 9. The Morgan fingerprint density at radius 1 is 1.39 bits per heavy atom. The molecule has 0 fully saturated rings. The highest BCUT2D eigenvalue weighted by Crippen LogP contribution is 2.08. The minimum absolute atomic E-state index is 0.168. The number of hydrogen-bond donors (Lipinski definition) is 1. The van der Waals surface area contributed by atoms with Crippen molar-refractivity contribution in [2.24, 2.45) is 0 Å². The SMILES string of the molecule is CCCNCCCS(=O)(=O)N(C)Cc1ccco1. The number of furan rings is 1. The lowest BCUT2D eigenvalue weighted by atomic mass is 10.4. The van der Waals surface area contributed by atoms with E-state index in [2.05, 4.69) is 12.2 Å². The van der Waals surface area contributed by atoms with Gasteiger partial charge >= 0.3 is 0 Å². The number of nitrogens with one attached hydrogen (secondary N) is 1. The van der Waals surface area contributed by atoms with Crippen molar-refractivity contribution in [3.05, 3.63) is 24.2 Å². The molecule has 0 atom stereocenters. The minimum Gasteiger partial charge on any atom is -0.468 e. The molecule has 0 aromatic carbocycles. The van der Waals surface area contributed by atoms with Crippen molar-refractivity contribution in [3.63, 3.8) is 0 Å². The molecule has 6 heteroatoms. The molecule has 1 aromatic rings. The highest BCUT2D eigenvalue weighted by atomic mass is 32.2. The van der Waals surface area contributed by atoms with Crippen molar-refractivity contribution in [3.8, 4) is 0 Å². The highest BCUT2D eigenvalue weighted by molar-refractivity contribution is 7.89. The van der Waals surface area contributed by atoms with Crippen molar-refractivity contribution >= 4 is 10.0 Å². The van der Waals surface area contributed by atoms with Gasteiger partial charge in [-0.3, -0.25) is 0 Å². The summed E-state index contributed by atoms with van der Waals surface area (Å²) in [6, 6.07) is 3.53. The molecule has 1 heterocycles. The van der Waals surface area contributed by atoms with Crippen LogP contribution in [0.1, 0.15) is 25.5 Å². The molecular formula is C12H22N2O3S. The monoisotopic (exact) mass is 274 g/mol. The smallest absolute Gasteiger partial charge is 0.214 e. The molecule has 0 bridgehead atoms. The van der Waals surface area contributed by atoms with Gasteiger partial charge in [-0.05, 0) is 38.1 Å². The Morgan fingerprint density at radius 2 is 2.17 bits per heavy atom. The Kier molecular flexibility index (Phi) is 6.38. The first kappa shape index (κ1) is 15.2. The van der Waals surface area contributed by atoms with Crippen LogP contribution < -0.4 is 5.32 Å². The summed E-state index contributed by atoms with van der Waals surface area (Å²) >= 11 is 0. The molecule has 0 aliphatic carbocycles. The quantitative estimate of drug-likeness (QED) is 0.692. The predicted molar refractivity (Wildman–Crippen MR) is 71.7 cm³/mol. The Balaban J connectivity index is 2.33. The second-order valence-corrected chi connectivity index (χ2v) is 6.45. The standard InChI is InChI=1S/C12H22N2O3S/c1-3-7-13-8-5-10-18(15,16)14(2)11-12-6-4-9-17-12/h4,6,9,13H,3,5,7-8,10-11H2,1-2H3. The van der Waals surface area contributed by atoms with Crippen LogP contribution in [0.25, 0.3) is 0 Å². The molecule has 0 radical (unpaired) electrons. The Bertz CT molecular complexity index is 415. The van der Waals surface area contributed by atoms with Crippen LogP contribution in [-0.4, -0.2) is 38.6 Å². The van der Waals surface area contributed by atoms with Gasteiger partial charge in [-0.2, -0.15) is 4.31 Å². The fourth-order valence-corrected chi connectivity index (χ4v) is 2.70. The average Bonchev–Trinajstić information content (AvgIpc) is 2.81. The lowest BCUT2D eigenvalue weighted by molar-refractivity contribution is 0.405. The molecule has 0 aliphatic heterocycles. The summed E-state index contributed by atoms with van der Waals surface area (Å²) in [5.74, 6) is 0.825. The zero-order chi connectivity index (χ0) is 13.4. The van der Waals surface area contributed by atoms with E-state index in [1.165, 1.54) is 4.31 Å². The highest BCUT2D eigenvalue weighted by Gasteiger charge is 2.18. The maximum absolute atomic E-state index is 11.9. The first-order valence-corrected chi connectivity index (χ1v) is 7.84. The van der Waals surface area contributed by atoms with Crippen LogP contribution >= 0.6 is 0 Å². The second kappa shape index (κ2) is 7.56. The zero-order valence-electron chi connectivity index (χ0n) is 11.1. The van der Waals surface area contributed by atoms with Gasteiger partial charge in [0, 0.05) is 7.05 Å². The molecule has 5 nitrogen and oxygen atoms in total. The summed E-state index contributed by atoms with van der Waals surface area (Å²) in [5, 5.41) is 3.19. The van der Waals surface area contributed by atoms with Gasteiger partial charge in [-0.15, -0.1) is 0 Å². The van der Waals surface area contributed by atoms with Crippen molar-refractivity contribution in [2.75, 3.05) is 25.9 Å². The van der Waals surface area contributed by atoms with Crippen LogP contribution in [0.3, 0.4) is 0 Å². The Morgan fingerprint density at radius 3 is 2.78 bits per heavy atom. The van der Waals surface area contributed by atoms with E-state index in [1.54, 1.807) is 25.4 Å². The third-order valence-electron chi connectivity index (χ3n) is 2.62. The normalized spacial score (nSPS) is 12.2. The lowest BCUT2D eigenvalue weighted by Gasteiger charge is -2.15. The third kappa shape index (κ3) is 5.20. The summed E-state index contributed by atoms with van der Waals surface area (Å²) in [6.07, 6.45) is 3.24. The Labute approximate surface area is 109 Å². The maximum Gasteiger partial charge on any atom is 0.214 e. The van der Waals surface area contributed by atoms with E-state index in [9.17, 15) is 8.42 Å². The summed E-state index contributed by atoms with van der Waals surface area (Å²) < 4.78 is 30.4. The molecule has 0 amide bonds. The van der Waals surface area contributed by atoms with Crippen LogP contribution in [0.4, 0.5) is 0 Å². The molecule has 18 heavy (non-hydrogen) atoms. The maximum atomic E-state index is 11.9. The summed E-state index contributed by atoms with van der Waals surface area (Å²) in [6.45, 7) is 4.04. The average molecular weight is 274 g/mol. The van der Waals surface area contributed by atoms with E-state index in [0.29, 0.717) is 12.2 Å². The van der Waals surface area contributed by atoms with Crippen molar-refractivity contribution < 1.29 is 12.8 Å². The molecule has 1 aromatic heterocycles. The van der Waals surface area contributed by atoms with Gasteiger partial charge in [0.2, 0.25) is 10.0 Å². The zero-order valence-corrected chi connectivity index (χ0v) is 11.9. The van der Waals surface area contributed by atoms with Gasteiger partial charge in [0.25, 0.3) is 0 Å². The van der Waals surface area contributed by atoms with Gasteiger partial charge in [0.05, 0.1) is 18.6 Å². The van der Waals surface area contributed by atoms with Gasteiger partial charge in [-0.1, -0.05) is 6.92 Å². The van der Waals surface area contributed by atoms with Crippen LogP contribution in [0.2, 0.25) is 0 Å². The first-order valence-electron chi connectivity index (χ1n) is 6.23. The minimum atomic E-state index is -3.19. The predicted octanol–water partition coefficient (Wildman–Crippen LogP) is 1.43. The molecular weight excluding hydrogens is 252 g/mol. The van der Waals surface area contributed by atoms with Gasteiger partial charge in [0.15, 0.2) is 0 Å². The van der Waals surface area contributed by atoms with E-state index in [4.69, 9.17) is 4.42 Å². The van der Waals surface area contributed by atoms with Gasteiger partial charge in [0.1, 0.15) is 5.76 Å². The summed E-state index contributed by atoms with van der Waals surface area (Å²) in [5.41, 5.74) is 0. The van der Waals surface area contributed by atoms with E-state index < -0.39 is 10.0 Å². The second-order valence-electron chi connectivity index (χ2n) is 4.25. The molecule has 0 saturated carbocycles. The topological polar surface area (TPSA) is 62.6 Å². The lowest BCUT2D eigenvalue weighted by Crippen LogP contribution is -2.30. The molecule has 104 valence electrons. The molecule has 0 aliphatic rings. The number of sulfonamides is 1. The van der Waals surface area contributed by atoms with Gasteiger partial charge in [-0.25, -0.2) is 8.42 Å². The summed E-state index contributed by atoms with van der Waals surface area (Å²) in [4.78, 5) is 0. The third-order valence-corrected chi connectivity index (χ3v) is 4.50. The Hall–Kier alpha value is -0.850. The largest absolute Gasteiger partial charge is 0.468 e. The number of nitrogens with zero attached hydrogens (tertiary/aromatic N) is 1. The molecule has 0 spiro atoms. The van der Waals surface area contributed by atoms with Crippen molar-refractivity contribution in [1.29, 1.82) is 0 Å². The molecule has 1 N–H and O–H groups in total. The van der Waals surface area contributed by atoms with Crippen LogP contribution in [0.15, 0.2) is 22.8 Å².